The lowest BCUT2D eigenvalue weighted by Gasteiger charge is -2.18. The van der Waals surface area contributed by atoms with Gasteiger partial charge in [-0.1, -0.05) is 48.1 Å². The highest BCUT2D eigenvalue weighted by Crippen LogP contribution is 2.30. The molecule has 1 atom stereocenters. The summed E-state index contributed by atoms with van der Waals surface area (Å²) >= 11 is 16.2. The highest BCUT2D eigenvalue weighted by molar-refractivity contribution is 6.76. The Bertz CT molecular complexity index is 222. The molecule has 0 aliphatic carbocycles. The van der Waals surface area contributed by atoms with Gasteiger partial charge in [0.05, 0.1) is 0 Å². The van der Waals surface area contributed by atoms with Crippen LogP contribution in [-0.2, 0) is 14.3 Å². The zero-order chi connectivity index (χ0) is 11.4. The summed E-state index contributed by atoms with van der Waals surface area (Å²) in [6, 6.07) is 0. The van der Waals surface area contributed by atoms with Crippen LogP contribution < -0.4 is 0 Å². The third kappa shape index (κ3) is 5.03. The summed E-state index contributed by atoms with van der Waals surface area (Å²) in [6.45, 7) is 3.04. The van der Waals surface area contributed by atoms with Crippen LogP contribution in [0, 0.1) is 0 Å². The van der Waals surface area contributed by atoms with Gasteiger partial charge in [0, 0.05) is 6.92 Å². The quantitative estimate of drug-likeness (QED) is 0.577. The molecule has 0 spiro atoms. The van der Waals surface area contributed by atoms with Gasteiger partial charge in [0.2, 0.25) is 5.78 Å². The van der Waals surface area contributed by atoms with Gasteiger partial charge in [-0.15, -0.1) is 0 Å². The Morgan fingerprint density at radius 1 is 1.36 bits per heavy atom. The van der Waals surface area contributed by atoms with Gasteiger partial charge in [0.15, 0.2) is 6.10 Å². The van der Waals surface area contributed by atoms with Gasteiger partial charge < -0.3 is 4.74 Å². The normalized spacial score (nSPS) is 13.5. The van der Waals surface area contributed by atoms with Crippen molar-refractivity contribution in [2.24, 2.45) is 0 Å². The topological polar surface area (TPSA) is 43.4 Å². The zero-order valence-corrected chi connectivity index (χ0v) is 10.1. The van der Waals surface area contributed by atoms with Crippen molar-refractivity contribution >= 4 is 46.6 Å². The molecule has 0 aromatic carbocycles. The molecule has 0 aromatic heterocycles. The second-order valence-corrected chi connectivity index (χ2v) is 5.03. The molecule has 14 heavy (non-hydrogen) atoms. The number of rotatable bonds is 4. The lowest BCUT2D eigenvalue weighted by molar-refractivity contribution is -0.153. The van der Waals surface area contributed by atoms with Crippen LogP contribution in [0.3, 0.4) is 0 Å². The van der Waals surface area contributed by atoms with Crippen LogP contribution in [0.1, 0.15) is 26.7 Å². The van der Waals surface area contributed by atoms with E-state index in [0.29, 0.717) is 12.8 Å². The van der Waals surface area contributed by atoms with Crippen LogP contribution >= 0.6 is 34.8 Å². The summed E-state index contributed by atoms with van der Waals surface area (Å²) in [6.07, 6.45) is 0.0431. The summed E-state index contributed by atoms with van der Waals surface area (Å²) < 4.78 is 2.70. The van der Waals surface area contributed by atoms with Gasteiger partial charge in [-0.05, 0) is 6.42 Å². The predicted molar refractivity (Wildman–Crippen MR) is 55.8 cm³/mol. The molecule has 0 heterocycles. The van der Waals surface area contributed by atoms with Gasteiger partial charge in [-0.25, -0.2) is 0 Å². The first-order valence-electron chi connectivity index (χ1n) is 4.07. The number of carbonyl (C=O) groups is 2. The minimum Gasteiger partial charge on any atom is -0.454 e. The van der Waals surface area contributed by atoms with Crippen molar-refractivity contribution in [3.63, 3.8) is 0 Å². The SMILES string of the molecule is CCCC(OC(C)=O)C(=O)C(Cl)(Cl)Cl. The van der Waals surface area contributed by atoms with E-state index in [2.05, 4.69) is 0 Å². The number of alkyl halides is 3. The number of carbonyl (C=O) groups excluding carboxylic acids is 2. The zero-order valence-electron chi connectivity index (χ0n) is 7.85. The molecule has 0 saturated heterocycles. The van der Waals surface area contributed by atoms with Crippen LogP contribution in [0.25, 0.3) is 0 Å². The third-order valence-corrected chi connectivity index (χ3v) is 1.99. The van der Waals surface area contributed by atoms with E-state index < -0.39 is 21.6 Å². The number of ether oxygens (including phenoxy) is 1. The average Bonchev–Trinajstić information content (AvgIpc) is 2.00. The van der Waals surface area contributed by atoms with E-state index in [1.54, 1.807) is 0 Å². The van der Waals surface area contributed by atoms with E-state index in [4.69, 9.17) is 39.5 Å². The Morgan fingerprint density at radius 3 is 2.14 bits per heavy atom. The van der Waals surface area contributed by atoms with Gasteiger partial charge in [0.25, 0.3) is 3.79 Å². The van der Waals surface area contributed by atoms with Crippen LogP contribution in [0.2, 0.25) is 0 Å². The molecule has 0 aliphatic rings. The summed E-state index contributed by atoms with van der Waals surface area (Å²) in [4.78, 5) is 22.1. The smallest absolute Gasteiger partial charge is 0.303 e. The van der Waals surface area contributed by atoms with Crippen molar-refractivity contribution in [1.29, 1.82) is 0 Å². The molecule has 0 saturated carbocycles. The molecule has 0 aromatic rings. The molecule has 82 valence electrons. The number of halogens is 3. The van der Waals surface area contributed by atoms with Crippen LogP contribution in [-0.4, -0.2) is 21.6 Å². The number of hydrogen-bond donors (Lipinski definition) is 0. The van der Waals surface area contributed by atoms with E-state index in [1.165, 1.54) is 6.92 Å². The Morgan fingerprint density at radius 2 is 1.86 bits per heavy atom. The lowest BCUT2D eigenvalue weighted by atomic mass is 10.1. The van der Waals surface area contributed by atoms with E-state index in [9.17, 15) is 9.59 Å². The first-order chi connectivity index (χ1) is 6.29. The maximum Gasteiger partial charge on any atom is 0.303 e. The highest BCUT2D eigenvalue weighted by atomic mass is 35.6. The number of esters is 1. The van der Waals surface area contributed by atoms with E-state index in [0.717, 1.165) is 0 Å². The van der Waals surface area contributed by atoms with Crippen molar-refractivity contribution in [3.05, 3.63) is 0 Å². The van der Waals surface area contributed by atoms with E-state index in [-0.39, 0.29) is 0 Å². The van der Waals surface area contributed by atoms with Gasteiger partial charge >= 0.3 is 5.97 Å². The molecule has 0 radical (unpaired) electrons. The van der Waals surface area contributed by atoms with Gasteiger partial charge in [-0.3, -0.25) is 9.59 Å². The molecule has 6 heteroatoms. The van der Waals surface area contributed by atoms with Crippen LogP contribution in [0.4, 0.5) is 0 Å². The maximum absolute atomic E-state index is 11.4. The number of ketones is 1. The summed E-state index contributed by atoms with van der Waals surface area (Å²) in [5.41, 5.74) is 0. The average molecular weight is 262 g/mol. The number of hydrogen-bond acceptors (Lipinski definition) is 3. The fourth-order valence-corrected chi connectivity index (χ4v) is 1.25. The van der Waals surface area contributed by atoms with Crippen LogP contribution in [0.5, 0.6) is 0 Å². The Balaban J connectivity index is 4.49. The van der Waals surface area contributed by atoms with Crippen LogP contribution in [0.15, 0.2) is 0 Å². The molecule has 1 unspecified atom stereocenters. The maximum atomic E-state index is 11.4. The summed E-state index contributed by atoms with van der Waals surface area (Å²) in [5, 5.41) is 0. The molecule has 0 rings (SSSR count). The lowest BCUT2D eigenvalue weighted by Crippen LogP contribution is -2.35. The second-order valence-electron chi connectivity index (χ2n) is 2.75. The molecule has 0 bridgehead atoms. The molecular formula is C8H11Cl3O3. The highest BCUT2D eigenvalue weighted by Gasteiger charge is 2.37. The first kappa shape index (κ1) is 14.0. The molecule has 3 nitrogen and oxygen atoms in total. The Kier molecular flexibility index (Phi) is 5.79. The number of Topliss-reactive ketones (excluding diaryl/α,β-unsaturated/α-hetero) is 1. The first-order valence-corrected chi connectivity index (χ1v) is 5.20. The van der Waals surface area contributed by atoms with Gasteiger partial charge in [-0.2, -0.15) is 0 Å². The Hall–Kier alpha value is 0.01000. The summed E-state index contributed by atoms with van der Waals surface area (Å²) in [7, 11) is 0. The van der Waals surface area contributed by atoms with E-state index >= 15 is 0 Å². The monoisotopic (exact) mass is 260 g/mol. The molecule has 0 fully saturated rings. The fourth-order valence-electron chi connectivity index (χ4n) is 0.889. The Labute approximate surface area is 97.6 Å². The molecular weight excluding hydrogens is 250 g/mol. The van der Waals surface area contributed by atoms with Crippen molar-refractivity contribution < 1.29 is 14.3 Å². The molecule has 0 aliphatic heterocycles. The largest absolute Gasteiger partial charge is 0.454 e. The minimum absolute atomic E-state index is 0.353. The summed E-state index contributed by atoms with van der Waals surface area (Å²) in [5.74, 6) is -1.27. The van der Waals surface area contributed by atoms with Crippen molar-refractivity contribution in [1.82, 2.24) is 0 Å². The molecule has 0 N–H and O–H groups in total. The third-order valence-electron chi connectivity index (χ3n) is 1.43. The standard InChI is InChI=1S/C8H11Cl3O3/c1-3-4-6(14-5(2)12)7(13)8(9,10)11/h6H,3-4H2,1-2H3. The van der Waals surface area contributed by atoms with Gasteiger partial charge in [0.1, 0.15) is 0 Å². The van der Waals surface area contributed by atoms with Crippen molar-refractivity contribution in [2.75, 3.05) is 0 Å². The van der Waals surface area contributed by atoms with E-state index in [1.807, 2.05) is 6.92 Å². The van der Waals surface area contributed by atoms with Crippen molar-refractivity contribution in [3.8, 4) is 0 Å². The molecule has 0 amide bonds. The minimum atomic E-state index is -2.03. The predicted octanol–water partition coefficient (Wildman–Crippen LogP) is 2.66. The fraction of sp³-hybridized carbons (Fsp3) is 0.750. The second kappa shape index (κ2) is 5.79. The van der Waals surface area contributed by atoms with Crippen molar-refractivity contribution in [2.45, 2.75) is 36.6 Å².